The fraction of sp³-hybridized carbons (Fsp3) is 0.400. The number of aromatic nitrogens is 3. The van der Waals surface area contributed by atoms with Crippen LogP contribution in [0.3, 0.4) is 0 Å². The molecule has 0 saturated carbocycles. The Balaban J connectivity index is 2.43. The predicted molar refractivity (Wildman–Crippen MR) is 86.6 cm³/mol. The summed E-state index contributed by atoms with van der Waals surface area (Å²) in [7, 11) is 0. The number of rotatable bonds is 8. The molecule has 142 valence electrons. The molecule has 1 aromatic carbocycles. The summed E-state index contributed by atoms with van der Waals surface area (Å²) in [6, 6.07) is 4.79. The Bertz CT molecular complexity index is 694. The molecule has 0 aliphatic heterocycles. The molecule has 0 radical (unpaired) electrons. The minimum Gasteiger partial charge on any atom is -0.465 e. The monoisotopic (exact) mass is 411 g/mol. The van der Waals surface area contributed by atoms with Gasteiger partial charge in [-0.2, -0.15) is 5.10 Å². The predicted octanol–water partition coefficient (Wildman–Crippen LogP) is 3.61. The Hall–Kier alpha value is -2.00. The lowest BCUT2D eigenvalue weighted by Gasteiger charge is -2.33. The van der Waals surface area contributed by atoms with Gasteiger partial charge in [-0.05, 0) is 24.3 Å². The molecule has 1 aromatic heterocycles. The van der Waals surface area contributed by atoms with Crippen LogP contribution in [0.1, 0.15) is 13.2 Å². The smallest absolute Gasteiger partial charge is 0.303 e. The van der Waals surface area contributed by atoms with Crippen LogP contribution >= 0.6 is 23.2 Å². The van der Waals surface area contributed by atoms with Crippen molar-refractivity contribution in [1.82, 2.24) is 14.8 Å². The van der Waals surface area contributed by atoms with Crippen molar-refractivity contribution in [2.45, 2.75) is 30.5 Å². The normalized spacial score (nSPS) is 14.9. The van der Waals surface area contributed by atoms with E-state index >= 15 is 0 Å². The number of hydrogen-bond donors (Lipinski definition) is 0. The third-order valence-electron chi connectivity index (χ3n) is 3.31. The van der Waals surface area contributed by atoms with Crippen LogP contribution in [-0.2, 0) is 9.53 Å². The van der Waals surface area contributed by atoms with Crippen molar-refractivity contribution in [3.63, 3.8) is 0 Å². The zero-order valence-electron chi connectivity index (χ0n) is 13.3. The van der Waals surface area contributed by atoms with E-state index in [-0.39, 0.29) is 5.75 Å². The maximum absolute atomic E-state index is 13.5. The maximum atomic E-state index is 13.5. The van der Waals surface area contributed by atoms with Crippen LogP contribution in [0.15, 0.2) is 36.9 Å². The highest BCUT2D eigenvalue weighted by atomic mass is 35.5. The van der Waals surface area contributed by atoms with Crippen LogP contribution in [0.4, 0.5) is 13.2 Å². The number of alkyl halides is 4. The first-order chi connectivity index (χ1) is 12.3. The Morgan fingerprint density at radius 2 is 1.88 bits per heavy atom. The lowest BCUT2D eigenvalue weighted by molar-refractivity contribution is -0.166. The van der Waals surface area contributed by atoms with Crippen molar-refractivity contribution >= 4 is 29.2 Å². The molecule has 0 saturated heterocycles. The zero-order valence-corrected chi connectivity index (χ0v) is 14.8. The molecule has 1 heterocycles. The lowest BCUT2D eigenvalue weighted by Crippen LogP contribution is -2.44. The highest BCUT2D eigenvalue weighted by Gasteiger charge is 2.44. The van der Waals surface area contributed by atoms with Crippen LogP contribution in [0, 0.1) is 11.7 Å². The molecule has 0 aliphatic carbocycles. The summed E-state index contributed by atoms with van der Waals surface area (Å²) in [5.41, 5.74) is 0. The Morgan fingerprint density at radius 3 is 2.35 bits per heavy atom. The van der Waals surface area contributed by atoms with E-state index < -0.39 is 41.3 Å². The van der Waals surface area contributed by atoms with E-state index in [2.05, 4.69) is 10.1 Å². The molecular formula is C15H14Cl2F3N3O3. The second kappa shape index (κ2) is 9.09. The van der Waals surface area contributed by atoms with Gasteiger partial charge in [0, 0.05) is 6.92 Å². The van der Waals surface area contributed by atoms with E-state index in [1.54, 1.807) is 0 Å². The largest absolute Gasteiger partial charge is 0.465 e. The van der Waals surface area contributed by atoms with E-state index in [0.717, 1.165) is 30.1 Å². The number of esters is 1. The summed E-state index contributed by atoms with van der Waals surface area (Å²) in [6.07, 6.45) is -3.67. The molecular weight excluding hydrogens is 398 g/mol. The van der Waals surface area contributed by atoms with E-state index in [0.29, 0.717) is 0 Å². The number of nitrogens with zero attached hydrogens (tertiary/aromatic N) is 3. The highest BCUT2D eigenvalue weighted by molar-refractivity contribution is 6.44. The minimum absolute atomic E-state index is 0.123. The molecule has 0 N–H and O–H groups in total. The molecule has 3 unspecified atom stereocenters. The molecule has 2 aromatic rings. The first-order valence-corrected chi connectivity index (χ1v) is 8.16. The number of ether oxygens (including phenoxy) is 2. The van der Waals surface area contributed by atoms with Gasteiger partial charge in [0.15, 0.2) is 6.10 Å². The van der Waals surface area contributed by atoms with Gasteiger partial charge in [-0.1, -0.05) is 0 Å². The van der Waals surface area contributed by atoms with Gasteiger partial charge in [0.25, 0.3) is 0 Å². The zero-order chi connectivity index (χ0) is 19.3. The Kier molecular flexibility index (Phi) is 7.10. The molecule has 11 heteroatoms. The fourth-order valence-electron chi connectivity index (χ4n) is 2.19. The summed E-state index contributed by atoms with van der Waals surface area (Å²) >= 11 is 11.4. The molecule has 3 atom stereocenters. The van der Waals surface area contributed by atoms with Crippen molar-refractivity contribution in [3.05, 3.63) is 42.7 Å². The Morgan fingerprint density at radius 1 is 1.23 bits per heavy atom. The highest BCUT2D eigenvalue weighted by Crippen LogP contribution is 2.34. The second-order valence-corrected chi connectivity index (χ2v) is 6.32. The van der Waals surface area contributed by atoms with Crippen molar-refractivity contribution in [3.8, 4) is 5.75 Å². The van der Waals surface area contributed by atoms with Crippen molar-refractivity contribution in [2.75, 3.05) is 0 Å². The SMILES string of the molecule is CC(=O)OC(C(C(F)F)C(Cl)Cl)C(Oc1ccc(F)cc1)n1cncn1. The topological polar surface area (TPSA) is 66.2 Å². The van der Waals surface area contributed by atoms with Gasteiger partial charge < -0.3 is 9.47 Å². The lowest BCUT2D eigenvalue weighted by atomic mass is 10.0. The van der Waals surface area contributed by atoms with Crippen LogP contribution < -0.4 is 4.74 Å². The van der Waals surface area contributed by atoms with Crippen LogP contribution in [0.5, 0.6) is 5.75 Å². The summed E-state index contributed by atoms with van der Waals surface area (Å²) in [5.74, 6) is -3.02. The van der Waals surface area contributed by atoms with Gasteiger partial charge in [-0.15, -0.1) is 23.2 Å². The number of halogens is 5. The summed E-state index contributed by atoms with van der Waals surface area (Å²) in [6.45, 7) is 1.04. The number of carbonyl (C=O) groups excluding carboxylic acids is 1. The molecule has 0 aliphatic rings. The van der Waals surface area contributed by atoms with E-state index in [9.17, 15) is 18.0 Å². The van der Waals surface area contributed by atoms with Gasteiger partial charge in [0.05, 0.1) is 5.92 Å². The van der Waals surface area contributed by atoms with Gasteiger partial charge in [0.1, 0.15) is 29.1 Å². The molecule has 0 spiro atoms. The summed E-state index contributed by atoms with van der Waals surface area (Å²) in [4.78, 5) is 13.6. The quantitative estimate of drug-likeness (QED) is 0.490. The first kappa shape index (κ1) is 20.3. The molecule has 26 heavy (non-hydrogen) atoms. The van der Waals surface area contributed by atoms with Crippen LogP contribution in [0.2, 0.25) is 0 Å². The molecule has 0 fully saturated rings. The fourth-order valence-corrected chi connectivity index (χ4v) is 2.69. The molecule has 2 rings (SSSR count). The van der Waals surface area contributed by atoms with Gasteiger partial charge >= 0.3 is 5.97 Å². The second-order valence-electron chi connectivity index (χ2n) is 5.16. The summed E-state index contributed by atoms with van der Waals surface area (Å²) in [5, 5.41) is 3.84. The first-order valence-electron chi connectivity index (χ1n) is 7.29. The van der Waals surface area contributed by atoms with Crippen molar-refractivity contribution in [1.29, 1.82) is 0 Å². The van der Waals surface area contributed by atoms with E-state index in [1.165, 1.54) is 18.5 Å². The van der Waals surface area contributed by atoms with Crippen molar-refractivity contribution in [2.24, 2.45) is 5.92 Å². The van der Waals surface area contributed by atoms with Crippen LogP contribution in [-0.4, -0.2) is 38.1 Å². The standard InChI is InChI=1S/C15H14Cl2F3N3O3/c1-8(24)25-12(11(13(16)17)14(19)20)15(23-7-21-6-22-23)26-10-4-2-9(18)3-5-10/h2-7,11-15H,1H3. The van der Waals surface area contributed by atoms with E-state index in [4.69, 9.17) is 32.7 Å². The van der Waals surface area contributed by atoms with Crippen LogP contribution in [0.25, 0.3) is 0 Å². The third-order valence-corrected chi connectivity index (χ3v) is 3.89. The van der Waals surface area contributed by atoms with Crippen molar-refractivity contribution < 1.29 is 27.4 Å². The third kappa shape index (κ3) is 5.25. The van der Waals surface area contributed by atoms with E-state index in [1.807, 2.05) is 0 Å². The number of hydrogen-bond acceptors (Lipinski definition) is 5. The molecule has 6 nitrogen and oxygen atoms in total. The number of benzene rings is 1. The molecule has 0 amide bonds. The van der Waals surface area contributed by atoms with Gasteiger partial charge in [-0.25, -0.2) is 22.8 Å². The average Bonchev–Trinajstić information content (AvgIpc) is 3.06. The summed E-state index contributed by atoms with van der Waals surface area (Å²) < 4.78 is 51.9. The number of carbonyl (C=O) groups is 1. The maximum Gasteiger partial charge on any atom is 0.303 e. The minimum atomic E-state index is -3.03. The van der Waals surface area contributed by atoms with Gasteiger partial charge in [-0.3, -0.25) is 4.79 Å². The molecule has 0 bridgehead atoms. The average molecular weight is 412 g/mol. The Labute approximate surface area is 156 Å². The van der Waals surface area contributed by atoms with Gasteiger partial charge in [0.2, 0.25) is 12.7 Å².